The van der Waals surface area contributed by atoms with E-state index in [-0.39, 0.29) is 18.9 Å². The number of anilines is 1. The van der Waals surface area contributed by atoms with Crippen LogP contribution in [0.4, 0.5) is 10.1 Å². The summed E-state index contributed by atoms with van der Waals surface area (Å²) in [6.07, 6.45) is 0. The second-order valence-electron chi connectivity index (χ2n) is 4.52. The predicted molar refractivity (Wildman–Crippen MR) is 97.7 cm³/mol. The van der Waals surface area contributed by atoms with Gasteiger partial charge in [-0.3, -0.25) is 13.9 Å². The molecule has 0 aliphatic carbocycles. The van der Waals surface area contributed by atoms with E-state index in [4.69, 9.17) is 10.2 Å². The van der Waals surface area contributed by atoms with Gasteiger partial charge in [0.15, 0.2) is 0 Å². The van der Waals surface area contributed by atoms with Crippen LogP contribution in [0.1, 0.15) is 4.88 Å². The van der Waals surface area contributed by atoms with Crippen LogP contribution in [0.15, 0.2) is 18.2 Å². The Morgan fingerprint density at radius 2 is 2.09 bits per heavy atom. The maximum atomic E-state index is 14.0. The lowest BCUT2D eigenvalue weighted by Gasteiger charge is -2.19. The number of hydrogen-bond acceptors (Lipinski definition) is 6. The molecule has 23 heavy (non-hydrogen) atoms. The molecule has 0 fully saturated rings. The smallest absolute Gasteiger partial charge is 0.324 e. The molecule has 0 radical (unpaired) electrons. The molecule has 0 saturated carbocycles. The van der Waals surface area contributed by atoms with Gasteiger partial charge in [0.2, 0.25) is 0 Å². The first-order valence-electron chi connectivity index (χ1n) is 6.34. The van der Waals surface area contributed by atoms with Crippen molar-refractivity contribution in [2.45, 2.75) is 6.54 Å². The Labute approximate surface area is 151 Å². The molecule has 0 atom stereocenters. The molecule has 0 bridgehead atoms. The number of aliphatic carboxylic acids is 2. The fourth-order valence-electron chi connectivity index (χ4n) is 1.99. The third-order valence-corrected chi connectivity index (χ3v) is 5.93. The van der Waals surface area contributed by atoms with Gasteiger partial charge in [0.1, 0.15) is 12.4 Å². The minimum absolute atomic E-state index is 0.182. The molecule has 0 saturated heterocycles. The first-order chi connectivity index (χ1) is 10.9. The highest BCUT2D eigenvalue weighted by Gasteiger charge is 2.17. The summed E-state index contributed by atoms with van der Waals surface area (Å²) >= 11 is 3.20. The monoisotopic (exact) mass is 470 g/mol. The van der Waals surface area contributed by atoms with Crippen LogP contribution in [0, 0.1) is 5.82 Å². The fraction of sp³-hybridized carbons (Fsp3) is 0.231. The molecule has 6 nitrogen and oxygen atoms in total. The molecule has 0 aliphatic heterocycles. The lowest BCUT2D eigenvalue weighted by molar-refractivity contribution is -0.136. The van der Waals surface area contributed by atoms with Gasteiger partial charge in [-0.25, -0.2) is 4.39 Å². The van der Waals surface area contributed by atoms with Gasteiger partial charge in [0.25, 0.3) is 0 Å². The van der Waals surface area contributed by atoms with Crippen LogP contribution in [0.3, 0.4) is 0 Å². The summed E-state index contributed by atoms with van der Waals surface area (Å²) in [6.45, 7) is -0.0874. The van der Waals surface area contributed by atoms with Crippen molar-refractivity contribution < 1.29 is 24.2 Å². The van der Waals surface area contributed by atoms with Gasteiger partial charge >= 0.3 is 11.9 Å². The molecule has 2 aromatic rings. The topological polar surface area (TPSA) is 89.9 Å². The van der Waals surface area contributed by atoms with E-state index in [2.05, 4.69) is 5.32 Å². The third-order valence-electron chi connectivity index (χ3n) is 2.87. The van der Waals surface area contributed by atoms with Crippen LogP contribution in [-0.2, 0) is 16.1 Å². The summed E-state index contributed by atoms with van der Waals surface area (Å²) in [5.41, 5.74) is 0.615. The molecule has 1 heterocycles. The number of hydrogen-bond donors (Lipinski definition) is 3. The molecule has 0 unspecified atom stereocenters. The van der Waals surface area contributed by atoms with Gasteiger partial charge in [-0.2, -0.15) is 0 Å². The molecule has 0 aliphatic rings. The summed E-state index contributed by atoms with van der Waals surface area (Å²) in [7, 11) is 1.21. The van der Waals surface area contributed by atoms with Crippen molar-refractivity contribution in [3.8, 4) is 0 Å². The number of carboxylic acid groups (broad SMARTS) is 2. The van der Waals surface area contributed by atoms with Gasteiger partial charge in [-0.1, -0.05) is 0 Å². The summed E-state index contributed by atoms with van der Waals surface area (Å²) in [5, 5.41) is 21.0. The van der Waals surface area contributed by atoms with E-state index in [9.17, 15) is 14.0 Å². The molecule has 1 aromatic heterocycles. The minimum Gasteiger partial charge on any atom is -0.480 e. The number of rotatable bonds is 8. The van der Waals surface area contributed by atoms with E-state index in [0.717, 1.165) is 4.88 Å². The van der Waals surface area contributed by atoms with E-state index in [1.807, 2.05) is 21.2 Å². The minimum atomic E-state index is -0.981. The summed E-state index contributed by atoms with van der Waals surface area (Å²) in [6, 6.07) is 4.62. The normalized spacial score (nSPS) is 10.9. The van der Waals surface area contributed by atoms with Gasteiger partial charge in [0.05, 0.1) is 16.9 Å². The van der Waals surface area contributed by atoms with E-state index in [1.54, 1.807) is 16.4 Å². The van der Waals surface area contributed by atoms with Crippen molar-refractivity contribution in [1.29, 1.82) is 0 Å². The first-order valence-corrected chi connectivity index (χ1v) is 10.5. The van der Waals surface area contributed by atoms with Crippen molar-refractivity contribution >= 4 is 69.4 Å². The highest BCUT2D eigenvalue weighted by molar-refractivity contribution is 14.2. The highest BCUT2D eigenvalue weighted by atomic mass is 127. The van der Waals surface area contributed by atoms with Gasteiger partial charge in [-0.15, -0.1) is 11.3 Å². The molecule has 3 N–H and O–H groups in total. The summed E-state index contributed by atoms with van der Waals surface area (Å²) in [5.74, 6) is -2.33. The second kappa shape index (κ2) is 8.13. The van der Waals surface area contributed by atoms with Crippen LogP contribution in [-0.4, -0.2) is 35.2 Å². The lowest BCUT2D eigenvalue weighted by Crippen LogP contribution is -2.21. The molecular weight excluding hydrogens is 458 g/mol. The lowest BCUT2D eigenvalue weighted by atomic mass is 10.2. The van der Waals surface area contributed by atoms with Crippen molar-refractivity contribution in [2.75, 3.05) is 17.4 Å². The molecular formula is C13H12FIN2O4S2. The number of fused-ring (bicyclic) bond motifs is 1. The number of carbonyl (C=O) groups is 2. The maximum absolute atomic E-state index is 14.0. The molecule has 0 amide bonds. The molecule has 1 aromatic carbocycles. The molecule has 0 spiro atoms. The van der Waals surface area contributed by atoms with Crippen molar-refractivity contribution in [3.63, 3.8) is 0 Å². The van der Waals surface area contributed by atoms with E-state index < -0.39 is 11.9 Å². The molecule has 2 rings (SSSR count). The standard InChI is InChI=1S/C13H12FIN2O4S2/c14-9-1-2-10(17(23-15)6-12(20)21)8-3-7(22-13(8)9)4-16-5-11(18)19/h1-3,16H,4-6H2,(H,18,19)(H,20,21). The first kappa shape index (κ1) is 18.2. The largest absolute Gasteiger partial charge is 0.480 e. The SMILES string of the molecule is O=C(O)CNCc1cc2c(N(CC(=O)O)SI)ccc(F)c2s1. The van der Waals surface area contributed by atoms with Crippen LogP contribution in [0.25, 0.3) is 10.1 Å². The Kier molecular flexibility index (Phi) is 6.44. The van der Waals surface area contributed by atoms with Gasteiger partial charge < -0.3 is 15.5 Å². The van der Waals surface area contributed by atoms with Gasteiger partial charge in [-0.05, 0) is 18.2 Å². The van der Waals surface area contributed by atoms with Crippen LogP contribution in [0.2, 0.25) is 0 Å². The molecule has 10 heteroatoms. The van der Waals surface area contributed by atoms with Crippen LogP contribution < -0.4 is 9.62 Å². The average molecular weight is 470 g/mol. The fourth-order valence-corrected chi connectivity index (χ4v) is 4.49. The Balaban J connectivity index is 2.34. The van der Waals surface area contributed by atoms with Crippen LogP contribution >= 0.6 is 41.7 Å². The number of nitrogens with zero attached hydrogens (tertiary/aromatic N) is 1. The third kappa shape index (κ3) is 4.68. The Hall–Kier alpha value is -1.11. The average Bonchev–Trinajstić information content (AvgIpc) is 2.90. The van der Waals surface area contributed by atoms with Crippen molar-refractivity contribution in [2.24, 2.45) is 0 Å². The Bertz CT molecular complexity index is 740. The molecule has 124 valence electrons. The highest BCUT2D eigenvalue weighted by Crippen LogP contribution is 2.38. The number of nitrogens with one attached hydrogen (secondary N) is 1. The number of halogens is 2. The van der Waals surface area contributed by atoms with Gasteiger partial charge in [0, 0.05) is 47.1 Å². The zero-order valence-electron chi connectivity index (χ0n) is 11.6. The van der Waals surface area contributed by atoms with E-state index in [0.29, 0.717) is 22.3 Å². The van der Waals surface area contributed by atoms with E-state index >= 15 is 0 Å². The summed E-state index contributed by atoms with van der Waals surface area (Å²) < 4.78 is 16.0. The predicted octanol–water partition coefficient (Wildman–Crippen LogP) is 3.10. The van der Waals surface area contributed by atoms with E-state index in [1.165, 1.54) is 26.5 Å². The quantitative estimate of drug-likeness (QED) is 0.404. The zero-order valence-corrected chi connectivity index (χ0v) is 15.4. The van der Waals surface area contributed by atoms with Crippen molar-refractivity contribution in [1.82, 2.24) is 5.32 Å². The number of carboxylic acids is 2. The Morgan fingerprint density at radius 1 is 1.35 bits per heavy atom. The number of thiophene rings is 1. The second-order valence-corrected chi connectivity index (χ2v) is 7.42. The van der Waals surface area contributed by atoms with Crippen molar-refractivity contribution in [3.05, 3.63) is 28.9 Å². The Morgan fingerprint density at radius 3 is 2.70 bits per heavy atom. The zero-order chi connectivity index (χ0) is 17.0. The van der Waals surface area contributed by atoms with Crippen LogP contribution in [0.5, 0.6) is 0 Å². The maximum Gasteiger partial charge on any atom is 0.324 e. The summed E-state index contributed by atoms with van der Waals surface area (Å²) in [4.78, 5) is 22.3. The number of benzene rings is 1.